The molecule has 0 fully saturated rings. The van der Waals surface area contributed by atoms with Gasteiger partial charge >= 0.3 is 12.0 Å². The van der Waals surface area contributed by atoms with Crippen molar-refractivity contribution in [3.8, 4) is 5.75 Å². The van der Waals surface area contributed by atoms with Crippen LogP contribution in [0.1, 0.15) is 15.9 Å². The highest BCUT2D eigenvalue weighted by atomic mass is 32.2. The fourth-order valence-corrected chi connectivity index (χ4v) is 3.05. The van der Waals surface area contributed by atoms with Gasteiger partial charge in [0.15, 0.2) is 16.4 Å². The number of benzene rings is 2. The summed E-state index contributed by atoms with van der Waals surface area (Å²) < 4.78 is 32.4. The Bertz CT molecular complexity index is 984. The van der Waals surface area contributed by atoms with Crippen molar-refractivity contribution in [1.29, 1.82) is 0 Å². The molecule has 0 heterocycles. The minimum absolute atomic E-state index is 0.145. The molecule has 29 heavy (non-hydrogen) atoms. The molecule has 2 rings (SSSR count). The van der Waals surface area contributed by atoms with Crippen molar-refractivity contribution in [3.05, 3.63) is 59.7 Å². The van der Waals surface area contributed by atoms with Crippen LogP contribution in [0, 0.1) is 0 Å². The second-order valence-corrected chi connectivity index (χ2v) is 8.21. The van der Waals surface area contributed by atoms with E-state index in [4.69, 9.17) is 9.47 Å². The molecule has 0 unspecified atom stereocenters. The Morgan fingerprint density at radius 3 is 2.14 bits per heavy atom. The number of carbonyl (C=O) groups excluding carboxylic acids is 3. The lowest BCUT2D eigenvalue weighted by atomic mass is 10.1. The van der Waals surface area contributed by atoms with E-state index in [9.17, 15) is 22.8 Å². The summed E-state index contributed by atoms with van der Waals surface area (Å²) in [6.07, 6.45) is 1.11. The third kappa shape index (κ3) is 7.62. The van der Waals surface area contributed by atoms with Gasteiger partial charge in [-0.25, -0.2) is 18.0 Å². The van der Waals surface area contributed by atoms with Gasteiger partial charge in [-0.2, -0.15) is 0 Å². The zero-order valence-electron chi connectivity index (χ0n) is 15.8. The van der Waals surface area contributed by atoms with Crippen molar-refractivity contribution in [3.63, 3.8) is 0 Å². The molecule has 0 aliphatic rings. The average Bonchev–Trinajstić information content (AvgIpc) is 2.66. The summed E-state index contributed by atoms with van der Waals surface area (Å²) >= 11 is 0. The second-order valence-electron chi connectivity index (χ2n) is 6.07. The van der Waals surface area contributed by atoms with Gasteiger partial charge in [0.2, 0.25) is 0 Å². The number of nitrogens with one attached hydrogen (secondary N) is 2. The lowest BCUT2D eigenvalue weighted by molar-refractivity contribution is -0.123. The lowest BCUT2D eigenvalue weighted by Crippen LogP contribution is -2.37. The Balaban J connectivity index is 1.80. The maximum Gasteiger partial charge on any atom is 0.338 e. The molecule has 0 aliphatic heterocycles. The summed E-state index contributed by atoms with van der Waals surface area (Å²) in [5.74, 6) is -1.11. The summed E-state index contributed by atoms with van der Waals surface area (Å²) in [7, 11) is -1.67. The second kappa shape index (κ2) is 9.69. The van der Waals surface area contributed by atoms with Crippen molar-refractivity contribution in [2.75, 3.05) is 25.3 Å². The minimum Gasteiger partial charge on any atom is -0.497 e. The van der Waals surface area contributed by atoms with E-state index in [0.29, 0.717) is 17.0 Å². The molecule has 0 aliphatic carbocycles. The van der Waals surface area contributed by atoms with Gasteiger partial charge in [0, 0.05) is 11.9 Å². The van der Waals surface area contributed by atoms with Gasteiger partial charge in [-0.15, -0.1) is 0 Å². The van der Waals surface area contributed by atoms with E-state index in [-0.39, 0.29) is 11.3 Å². The number of methoxy groups -OCH3 is 1. The Morgan fingerprint density at radius 2 is 1.59 bits per heavy atom. The molecule has 0 aromatic heterocycles. The van der Waals surface area contributed by atoms with E-state index < -0.39 is 34.4 Å². The Kier molecular flexibility index (Phi) is 7.32. The van der Waals surface area contributed by atoms with Crippen molar-refractivity contribution in [1.82, 2.24) is 5.32 Å². The maximum absolute atomic E-state index is 11.9. The van der Waals surface area contributed by atoms with Gasteiger partial charge in [0.05, 0.1) is 18.4 Å². The van der Waals surface area contributed by atoms with Crippen molar-refractivity contribution >= 4 is 33.4 Å². The third-order valence-corrected chi connectivity index (χ3v) is 4.41. The SMILES string of the molecule is COc1ccc(NC(=O)NC(=O)COC(=O)c2ccc(CS(C)(=O)=O)cc2)cc1. The highest BCUT2D eigenvalue weighted by Crippen LogP contribution is 2.14. The number of hydrogen-bond acceptors (Lipinski definition) is 7. The molecule has 3 amide bonds. The number of ether oxygens (including phenoxy) is 2. The normalized spacial score (nSPS) is 10.7. The number of esters is 1. The first-order chi connectivity index (χ1) is 13.7. The summed E-state index contributed by atoms with van der Waals surface area (Å²) in [5, 5.41) is 4.49. The van der Waals surface area contributed by atoms with E-state index >= 15 is 0 Å². The van der Waals surface area contributed by atoms with Crippen LogP contribution in [0.5, 0.6) is 5.75 Å². The van der Waals surface area contributed by atoms with Gasteiger partial charge in [-0.3, -0.25) is 10.1 Å². The summed E-state index contributed by atoms with van der Waals surface area (Å²) in [6, 6.07) is 11.5. The van der Waals surface area contributed by atoms with E-state index in [1.165, 1.54) is 31.4 Å². The predicted octanol–water partition coefficient (Wildman–Crippen LogP) is 1.74. The number of anilines is 1. The van der Waals surface area contributed by atoms with Crippen molar-refractivity contribution in [2.24, 2.45) is 0 Å². The number of rotatable bonds is 7. The molecular formula is C19H20N2O7S. The quantitative estimate of drug-likeness (QED) is 0.653. The van der Waals surface area contributed by atoms with Gasteiger partial charge in [-0.05, 0) is 42.0 Å². The Labute approximate surface area is 167 Å². The molecule has 10 heteroatoms. The van der Waals surface area contributed by atoms with Crippen molar-refractivity contribution < 1.29 is 32.3 Å². The molecule has 154 valence electrons. The molecule has 0 spiro atoms. The fraction of sp³-hybridized carbons (Fsp3) is 0.211. The van der Waals surface area contributed by atoms with Crippen molar-refractivity contribution in [2.45, 2.75) is 5.75 Å². The average molecular weight is 420 g/mol. The fourth-order valence-electron chi connectivity index (χ4n) is 2.25. The number of imide groups is 1. The minimum atomic E-state index is -3.18. The monoisotopic (exact) mass is 420 g/mol. The first-order valence-corrected chi connectivity index (χ1v) is 10.4. The molecule has 0 atom stereocenters. The third-order valence-electron chi connectivity index (χ3n) is 3.55. The molecule has 2 aromatic carbocycles. The van der Waals surface area contributed by atoms with Crippen LogP contribution >= 0.6 is 0 Å². The summed E-state index contributed by atoms with van der Waals surface area (Å²) in [5.41, 5.74) is 1.12. The molecule has 0 bridgehead atoms. The van der Waals surface area contributed by atoms with Crippen LogP contribution in [-0.4, -0.2) is 46.3 Å². The topological polar surface area (TPSA) is 128 Å². The first kappa shape index (κ1) is 21.9. The maximum atomic E-state index is 11.9. The molecule has 2 aromatic rings. The molecule has 0 saturated heterocycles. The number of hydrogen-bond donors (Lipinski definition) is 2. The molecule has 0 saturated carbocycles. The number of amides is 3. The van der Waals surface area contributed by atoms with Crippen LogP contribution in [0.25, 0.3) is 0 Å². The van der Waals surface area contributed by atoms with Gasteiger partial charge in [0.1, 0.15) is 5.75 Å². The standard InChI is InChI=1S/C19H20N2O7S/c1-27-16-9-7-15(8-10-16)20-19(24)21-17(22)11-28-18(23)14-5-3-13(4-6-14)12-29(2,25)26/h3-10H,11-12H2,1-2H3,(H2,20,21,22,24). The van der Waals surface area contributed by atoms with Crippen LogP contribution < -0.4 is 15.4 Å². The van der Waals surface area contributed by atoms with Gasteiger partial charge in [0.25, 0.3) is 5.91 Å². The molecule has 2 N–H and O–H groups in total. The van der Waals surface area contributed by atoms with E-state index in [0.717, 1.165) is 6.26 Å². The highest BCUT2D eigenvalue weighted by Gasteiger charge is 2.13. The first-order valence-electron chi connectivity index (χ1n) is 8.35. The van der Waals surface area contributed by atoms with E-state index in [2.05, 4.69) is 5.32 Å². The predicted molar refractivity (Wildman–Crippen MR) is 105 cm³/mol. The van der Waals surface area contributed by atoms with Crippen LogP contribution in [0.2, 0.25) is 0 Å². The largest absolute Gasteiger partial charge is 0.497 e. The van der Waals surface area contributed by atoms with Crippen LogP contribution in [0.15, 0.2) is 48.5 Å². The smallest absolute Gasteiger partial charge is 0.338 e. The van der Waals surface area contributed by atoms with Crippen LogP contribution in [0.4, 0.5) is 10.5 Å². The van der Waals surface area contributed by atoms with Gasteiger partial charge < -0.3 is 14.8 Å². The lowest BCUT2D eigenvalue weighted by Gasteiger charge is -2.08. The molecule has 9 nitrogen and oxygen atoms in total. The van der Waals surface area contributed by atoms with E-state index in [1.807, 2.05) is 5.32 Å². The Hall–Kier alpha value is -3.40. The zero-order chi connectivity index (χ0) is 21.4. The molecule has 0 radical (unpaired) electrons. The number of carbonyl (C=O) groups is 3. The van der Waals surface area contributed by atoms with Gasteiger partial charge in [-0.1, -0.05) is 12.1 Å². The summed E-state index contributed by atoms with van der Waals surface area (Å²) in [6.45, 7) is -0.653. The summed E-state index contributed by atoms with van der Waals surface area (Å²) in [4.78, 5) is 35.5. The number of sulfone groups is 1. The van der Waals surface area contributed by atoms with E-state index in [1.54, 1.807) is 24.3 Å². The highest BCUT2D eigenvalue weighted by molar-refractivity contribution is 7.89. The van der Waals surface area contributed by atoms with Crippen LogP contribution in [0.3, 0.4) is 0 Å². The molecular weight excluding hydrogens is 400 g/mol. The zero-order valence-corrected chi connectivity index (χ0v) is 16.6. The Morgan fingerprint density at radius 1 is 0.966 bits per heavy atom. The number of urea groups is 1. The van der Waals surface area contributed by atoms with Crippen LogP contribution in [-0.2, 0) is 25.1 Å².